The maximum Gasteiger partial charge on any atom is 0.435 e. The minimum atomic E-state index is -4.75. The number of piperidine rings is 1. The lowest BCUT2D eigenvalue weighted by atomic mass is 9.94. The number of likely N-dealkylation sites (tertiary alicyclic amines) is 1. The van der Waals surface area contributed by atoms with Crippen molar-refractivity contribution in [2.75, 3.05) is 20.1 Å². The molecule has 1 fully saturated rings. The Labute approximate surface area is 192 Å². The van der Waals surface area contributed by atoms with Gasteiger partial charge in [0.25, 0.3) is 11.4 Å². The highest BCUT2D eigenvalue weighted by Gasteiger charge is 2.39. The Morgan fingerprint density at radius 2 is 1.82 bits per heavy atom. The van der Waals surface area contributed by atoms with Gasteiger partial charge in [0.2, 0.25) is 5.89 Å². The molecule has 5 rings (SSSR count). The highest BCUT2D eigenvalue weighted by atomic mass is 19.4. The van der Waals surface area contributed by atoms with Crippen molar-refractivity contribution >= 4 is 5.65 Å². The lowest BCUT2D eigenvalue weighted by Gasteiger charge is -2.27. The molecule has 1 aromatic carbocycles. The molecular formula is C23H23F3N6O2. The summed E-state index contributed by atoms with van der Waals surface area (Å²) in [4.78, 5) is 18.5. The van der Waals surface area contributed by atoms with E-state index in [1.54, 1.807) is 37.3 Å². The van der Waals surface area contributed by atoms with Gasteiger partial charge in [0, 0.05) is 12.1 Å². The molecule has 0 saturated carbocycles. The monoisotopic (exact) mass is 472 g/mol. The zero-order chi connectivity index (χ0) is 24.0. The van der Waals surface area contributed by atoms with Gasteiger partial charge in [-0.1, -0.05) is 30.3 Å². The number of nitrogens with zero attached hydrogens (tertiary/aromatic N) is 5. The zero-order valence-corrected chi connectivity index (χ0v) is 18.7. The van der Waals surface area contributed by atoms with Crippen LogP contribution >= 0.6 is 0 Å². The standard InChI is InChI=1S/C23H23F3N6O2/c1-13-17(21-29-28-16(34-21)12-14-8-10-31(2)11-9-14)22(33)32-20(27-13)18(15-6-4-3-5-7-15)19(30-32)23(24,25)26/h3-7,14,27H,8-12H2,1-2H3. The largest absolute Gasteiger partial charge is 0.435 e. The van der Waals surface area contributed by atoms with Crippen LogP contribution in [0.3, 0.4) is 0 Å². The predicted molar refractivity (Wildman–Crippen MR) is 118 cm³/mol. The summed E-state index contributed by atoms with van der Waals surface area (Å²) in [5.41, 5.74) is -1.51. The molecule has 34 heavy (non-hydrogen) atoms. The van der Waals surface area contributed by atoms with Crippen LogP contribution < -0.4 is 5.56 Å². The SMILES string of the molecule is Cc1[nH]c2c(-c3ccccc3)c(C(F)(F)F)nn2c(=O)c1-c1nnc(CC2CCN(C)CC2)o1. The maximum atomic E-state index is 13.8. The average molecular weight is 472 g/mol. The van der Waals surface area contributed by atoms with Crippen molar-refractivity contribution in [1.82, 2.24) is 29.7 Å². The molecule has 4 heterocycles. The number of halogens is 3. The molecule has 0 amide bonds. The Kier molecular flexibility index (Phi) is 5.51. The summed E-state index contributed by atoms with van der Waals surface area (Å²) in [6.45, 7) is 3.57. The summed E-state index contributed by atoms with van der Waals surface area (Å²) in [6, 6.07) is 8.04. The molecule has 0 unspecified atom stereocenters. The minimum absolute atomic E-state index is 0.00506. The number of aryl methyl sites for hydroxylation is 1. The van der Waals surface area contributed by atoms with Crippen molar-refractivity contribution in [3.8, 4) is 22.6 Å². The van der Waals surface area contributed by atoms with Gasteiger partial charge in [0.05, 0.1) is 5.56 Å². The highest BCUT2D eigenvalue weighted by Crippen LogP contribution is 2.38. The molecule has 0 bridgehead atoms. The van der Waals surface area contributed by atoms with Crippen LogP contribution in [-0.2, 0) is 12.6 Å². The summed E-state index contributed by atoms with van der Waals surface area (Å²) in [7, 11) is 2.08. The number of alkyl halides is 3. The Hall–Kier alpha value is -3.47. The number of aromatic amines is 1. The van der Waals surface area contributed by atoms with E-state index in [9.17, 15) is 18.0 Å². The van der Waals surface area contributed by atoms with Crippen molar-refractivity contribution in [3.05, 3.63) is 58.0 Å². The molecule has 1 N–H and O–H groups in total. The van der Waals surface area contributed by atoms with Crippen LogP contribution in [0, 0.1) is 12.8 Å². The Morgan fingerprint density at radius 3 is 2.50 bits per heavy atom. The van der Waals surface area contributed by atoms with Crippen LogP contribution in [-0.4, -0.2) is 49.8 Å². The van der Waals surface area contributed by atoms with Crippen LogP contribution in [0.4, 0.5) is 13.2 Å². The molecule has 1 aliphatic rings. The van der Waals surface area contributed by atoms with Crippen LogP contribution in [0.2, 0.25) is 0 Å². The first kappa shape index (κ1) is 22.3. The van der Waals surface area contributed by atoms with Crippen LogP contribution in [0.5, 0.6) is 0 Å². The molecular weight excluding hydrogens is 449 g/mol. The molecule has 0 aliphatic carbocycles. The molecule has 3 aromatic heterocycles. The van der Waals surface area contributed by atoms with Gasteiger partial charge < -0.3 is 14.3 Å². The van der Waals surface area contributed by atoms with E-state index >= 15 is 0 Å². The van der Waals surface area contributed by atoms with Gasteiger partial charge in [0.15, 0.2) is 5.69 Å². The van der Waals surface area contributed by atoms with E-state index in [-0.39, 0.29) is 22.7 Å². The van der Waals surface area contributed by atoms with Crippen molar-refractivity contribution in [2.45, 2.75) is 32.4 Å². The molecule has 0 atom stereocenters. The first-order valence-corrected chi connectivity index (χ1v) is 11.0. The quantitative estimate of drug-likeness (QED) is 0.484. The number of benzene rings is 1. The van der Waals surface area contributed by atoms with E-state index in [1.807, 2.05) is 0 Å². The van der Waals surface area contributed by atoms with Crippen LogP contribution in [0.1, 0.15) is 30.1 Å². The second-order valence-corrected chi connectivity index (χ2v) is 8.73. The Morgan fingerprint density at radius 1 is 1.12 bits per heavy atom. The molecule has 1 saturated heterocycles. The normalized spacial score (nSPS) is 15.9. The lowest BCUT2D eigenvalue weighted by Crippen LogP contribution is -2.30. The second kappa shape index (κ2) is 8.39. The first-order chi connectivity index (χ1) is 16.2. The Balaban J connectivity index is 1.58. The number of hydrogen-bond acceptors (Lipinski definition) is 6. The van der Waals surface area contributed by atoms with Gasteiger partial charge in [-0.3, -0.25) is 4.79 Å². The number of fused-ring (bicyclic) bond motifs is 1. The van der Waals surface area contributed by atoms with Gasteiger partial charge in [-0.15, -0.1) is 10.2 Å². The van der Waals surface area contributed by atoms with Gasteiger partial charge in [-0.2, -0.15) is 22.8 Å². The van der Waals surface area contributed by atoms with Crippen molar-refractivity contribution in [2.24, 2.45) is 5.92 Å². The van der Waals surface area contributed by atoms with Crippen molar-refractivity contribution in [3.63, 3.8) is 0 Å². The van der Waals surface area contributed by atoms with Crippen LogP contribution in [0.25, 0.3) is 28.2 Å². The number of aromatic nitrogens is 5. The third-order valence-electron chi connectivity index (χ3n) is 6.29. The Bertz CT molecular complexity index is 1380. The molecule has 0 spiro atoms. The average Bonchev–Trinajstić information content (AvgIpc) is 3.41. The fourth-order valence-electron chi connectivity index (χ4n) is 4.47. The fourth-order valence-corrected chi connectivity index (χ4v) is 4.47. The van der Waals surface area contributed by atoms with E-state index in [0.717, 1.165) is 30.4 Å². The van der Waals surface area contributed by atoms with Gasteiger partial charge in [-0.05, 0) is 51.4 Å². The fraction of sp³-hybridized carbons (Fsp3) is 0.391. The zero-order valence-electron chi connectivity index (χ0n) is 18.7. The molecule has 4 aromatic rings. The van der Waals surface area contributed by atoms with Gasteiger partial charge >= 0.3 is 6.18 Å². The number of H-pyrrole nitrogens is 1. The summed E-state index contributed by atoms with van der Waals surface area (Å²) < 4.78 is 48.0. The number of rotatable bonds is 4. The third kappa shape index (κ3) is 4.00. The summed E-state index contributed by atoms with van der Waals surface area (Å²) in [6.07, 6.45) is -2.14. The van der Waals surface area contributed by atoms with E-state index < -0.39 is 17.4 Å². The van der Waals surface area contributed by atoms with E-state index in [2.05, 4.69) is 32.2 Å². The van der Waals surface area contributed by atoms with Gasteiger partial charge in [-0.25, -0.2) is 0 Å². The summed E-state index contributed by atoms with van der Waals surface area (Å²) in [5, 5.41) is 11.8. The maximum absolute atomic E-state index is 13.8. The second-order valence-electron chi connectivity index (χ2n) is 8.73. The first-order valence-electron chi connectivity index (χ1n) is 11.0. The molecule has 1 aliphatic heterocycles. The lowest BCUT2D eigenvalue weighted by molar-refractivity contribution is -0.140. The predicted octanol–water partition coefficient (Wildman–Crippen LogP) is 3.95. The minimum Gasteiger partial charge on any atom is -0.420 e. The molecule has 0 radical (unpaired) electrons. The number of hydrogen-bond donors (Lipinski definition) is 1. The summed E-state index contributed by atoms with van der Waals surface area (Å²) >= 11 is 0. The van der Waals surface area contributed by atoms with E-state index in [0.29, 0.717) is 29.5 Å². The topological polar surface area (TPSA) is 92.3 Å². The molecule has 178 valence electrons. The van der Waals surface area contributed by atoms with Crippen LogP contribution in [0.15, 0.2) is 39.5 Å². The van der Waals surface area contributed by atoms with Crippen molar-refractivity contribution in [1.29, 1.82) is 0 Å². The molecule has 8 nitrogen and oxygen atoms in total. The number of nitrogens with one attached hydrogen (secondary N) is 1. The van der Waals surface area contributed by atoms with E-state index in [1.165, 1.54) is 0 Å². The molecule has 11 heteroatoms. The van der Waals surface area contributed by atoms with Gasteiger partial charge in [0.1, 0.15) is 11.2 Å². The smallest absolute Gasteiger partial charge is 0.420 e. The van der Waals surface area contributed by atoms with Crippen molar-refractivity contribution < 1.29 is 17.6 Å². The highest BCUT2D eigenvalue weighted by molar-refractivity contribution is 5.81. The van der Waals surface area contributed by atoms with E-state index in [4.69, 9.17) is 4.42 Å². The third-order valence-corrected chi connectivity index (χ3v) is 6.29. The summed E-state index contributed by atoms with van der Waals surface area (Å²) in [5.74, 6) is 0.777.